The Morgan fingerprint density at radius 2 is 1.55 bits per heavy atom. The largest absolute Gasteiger partial charge is 0.493 e. The molecule has 0 atom stereocenters. The molecule has 4 aromatic rings. The number of carbonyl (C=O) groups is 1. The van der Waals surface area contributed by atoms with Crippen LogP contribution in [0, 0.1) is 34.6 Å². The van der Waals surface area contributed by atoms with Crippen LogP contribution in [0.5, 0.6) is 11.5 Å². The van der Waals surface area contributed by atoms with E-state index >= 15 is 0 Å². The van der Waals surface area contributed by atoms with Gasteiger partial charge in [0.25, 0.3) is 15.9 Å². The number of aromatic nitrogens is 1. The summed E-state index contributed by atoms with van der Waals surface area (Å²) < 4.78 is 41.3. The van der Waals surface area contributed by atoms with Gasteiger partial charge in [-0.05, 0) is 76.6 Å². The van der Waals surface area contributed by atoms with E-state index in [4.69, 9.17) is 9.47 Å². The molecule has 0 aliphatic carbocycles. The van der Waals surface area contributed by atoms with Crippen molar-refractivity contribution in [3.63, 3.8) is 0 Å². The number of hydrogen-bond donors (Lipinski definition) is 1. The number of nitrogens with zero attached hydrogens (tertiary/aromatic N) is 3. The lowest BCUT2D eigenvalue weighted by atomic mass is 10.1. The smallest absolute Gasteiger partial charge is 0.264 e. The van der Waals surface area contributed by atoms with Gasteiger partial charge < -0.3 is 14.0 Å². The highest BCUT2D eigenvalue weighted by atomic mass is 32.2. The van der Waals surface area contributed by atoms with Gasteiger partial charge in [-0.3, -0.25) is 9.10 Å². The average molecular weight is 589 g/mol. The van der Waals surface area contributed by atoms with Gasteiger partial charge in [-0.25, -0.2) is 13.8 Å². The molecule has 3 aromatic carbocycles. The Bertz CT molecular complexity index is 1740. The Morgan fingerprint density at radius 1 is 0.881 bits per heavy atom. The van der Waals surface area contributed by atoms with E-state index in [9.17, 15) is 13.2 Å². The second kappa shape index (κ2) is 12.5. The highest BCUT2D eigenvalue weighted by Crippen LogP contribution is 2.34. The van der Waals surface area contributed by atoms with E-state index in [1.165, 1.54) is 38.0 Å². The third kappa shape index (κ3) is 6.33. The van der Waals surface area contributed by atoms with E-state index in [2.05, 4.69) is 47.1 Å². The van der Waals surface area contributed by atoms with Crippen LogP contribution in [0.4, 0.5) is 5.69 Å². The standard InChI is InChI=1S/C32H36N4O5S/c1-21-8-12-28(13-9-21)42(38,39)35(27-11-15-30(40-6)31(18-27)41-7)20-32(37)34-33-19-26-17-24(4)36(25(26)5)29-14-10-22(2)16-23(29)3/h8-19H,20H2,1-7H3,(H,34,37)/b33-19-. The molecule has 0 spiro atoms. The van der Waals surface area contributed by atoms with Crippen molar-refractivity contribution < 1.29 is 22.7 Å². The second-order valence-corrected chi connectivity index (χ2v) is 12.0. The molecule has 220 valence electrons. The van der Waals surface area contributed by atoms with E-state index in [-0.39, 0.29) is 10.6 Å². The maximum atomic E-state index is 13.7. The third-order valence-electron chi connectivity index (χ3n) is 7.01. The zero-order valence-electron chi connectivity index (χ0n) is 24.9. The minimum absolute atomic E-state index is 0.0537. The van der Waals surface area contributed by atoms with Crippen molar-refractivity contribution in [3.8, 4) is 17.2 Å². The Hall–Kier alpha value is -4.57. The second-order valence-electron chi connectivity index (χ2n) is 10.1. The van der Waals surface area contributed by atoms with E-state index in [1.54, 1.807) is 30.5 Å². The van der Waals surface area contributed by atoms with E-state index < -0.39 is 22.5 Å². The zero-order chi connectivity index (χ0) is 30.6. The Kier molecular flexibility index (Phi) is 9.06. The van der Waals surface area contributed by atoms with Crippen molar-refractivity contribution in [1.29, 1.82) is 0 Å². The van der Waals surface area contributed by atoms with Crippen LogP contribution in [0.2, 0.25) is 0 Å². The third-order valence-corrected chi connectivity index (χ3v) is 8.80. The van der Waals surface area contributed by atoms with Crippen molar-refractivity contribution in [2.24, 2.45) is 5.10 Å². The van der Waals surface area contributed by atoms with Crippen molar-refractivity contribution >= 4 is 27.8 Å². The lowest BCUT2D eigenvalue weighted by Gasteiger charge is -2.24. The summed E-state index contributed by atoms with van der Waals surface area (Å²) in [5.41, 5.74) is 9.88. The van der Waals surface area contributed by atoms with Crippen LogP contribution in [-0.2, 0) is 14.8 Å². The molecule has 0 fully saturated rings. The van der Waals surface area contributed by atoms with Crippen molar-refractivity contribution in [2.45, 2.75) is 39.5 Å². The molecule has 0 bridgehead atoms. The summed E-state index contributed by atoms with van der Waals surface area (Å²) in [5.74, 6) is 0.151. The first-order valence-electron chi connectivity index (χ1n) is 13.4. The molecule has 0 aliphatic rings. The van der Waals surface area contributed by atoms with Crippen LogP contribution < -0.4 is 19.2 Å². The lowest BCUT2D eigenvalue weighted by Crippen LogP contribution is -2.39. The van der Waals surface area contributed by atoms with Crippen molar-refractivity contribution in [3.05, 3.63) is 100 Å². The molecular weight excluding hydrogens is 552 g/mol. The Balaban J connectivity index is 1.60. The highest BCUT2D eigenvalue weighted by Gasteiger charge is 2.28. The molecule has 1 aromatic heterocycles. The fourth-order valence-electron chi connectivity index (χ4n) is 4.82. The minimum Gasteiger partial charge on any atom is -0.493 e. The fourth-order valence-corrected chi connectivity index (χ4v) is 6.23. The molecule has 9 nitrogen and oxygen atoms in total. The monoisotopic (exact) mass is 588 g/mol. The van der Waals surface area contributed by atoms with Gasteiger partial charge in [-0.2, -0.15) is 5.10 Å². The molecule has 0 saturated heterocycles. The number of methoxy groups -OCH3 is 2. The van der Waals surface area contributed by atoms with Crippen molar-refractivity contribution in [2.75, 3.05) is 25.1 Å². The number of hydrogen-bond acceptors (Lipinski definition) is 6. The first-order valence-corrected chi connectivity index (χ1v) is 14.8. The summed E-state index contributed by atoms with van der Waals surface area (Å²) in [6.07, 6.45) is 1.56. The van der Waals surface area contributed by atoms with Gasteiger partial charge in [0.15, 0.2) is 11.5 Å². The molecule has 1 N–H and O–H groups in total. The quantitative estimate of drug-likeness (QED) is 0.198. The molecule has 0 unspecified atom stereocenters. The Morgan fingerprint density at radius 3 is 2.19 bits per heavy atom. The number of aryl methyl sites for hydroxylation is 4. The van der Waals surface area contributed by atoms with E-state index in [0.717, 1.165) is 38.1 Å². The van der Waals surface area contributed by atoms with Crippen LogP contribution in [0.3, 0.4) is 0 Å². The molecule has 0 saturated carbocycles. The van der Waals surface area contributed by atoms with Crippen molar-refractivity contribution in [1.82, 2.24) is 9.99 Å². The summed E-state index contributed by atoms with van der Waals surface area (Å²) in [4.78, 5) is 13.1. The number of anilines is 1. The predicted octanol–water partition coefficient (Wildman–Crippen LogP) is 5.38. The summed E-state index contributed by atoms with van der Waals surface area (Å²) in [6.45, 7) is 9.49. The topological polar surface area (TPSA) is 102 Å². The lowest BCUT2D eigenvalue weighted by molar-refractivity contribution is -0.119. The molecular formula is C32H36N4O5S. The number of amides is 1. The number of hydrazone groups is 1. The predicted molar refractivity (Wildman–Crippen MR) is 166 cm³/mol. The average Bonchev–Trinajstić information content (AvgIpc) is 3.23. The number of nitrogens with one attached hydrogen (secondary N) is 1. The SMILES string of the molecule is COc1ccc(N(CC(=O)N/N=C\c2cc(C)n(-c3ccc(C)cc3C)c2C)S(=O)(=O)c2ccc(C)cc2)cc1OC. The first-order chi connectivity index (χ1) is 20.0. The first kappa shape index (κ1) is 30.4. The summed E-state index contributed by atoms with van der Waals surface area (Å²) in [7, 11) is -1.17. The molecule has 0 radical (unpaired) electrons. The van der Waals surface area contributed by atoms with E-state index in [0.29, 0.717) is 11.5 Å². The number of ether oxygens (including phenoxy) is 2. The van der Waals surface area contributed by atoms with Crippen LogP contribution in [0.15, 0.2) is 76.7 Å². The molecule has 4 rings (SSSR count). The summed E-state index contributed by atoms with van der Waals surface area (Å²) in [5, 5.41) is 4.16. The summed E-state index contributed by atoms with van der Waals surface area (Å²) in [6, 6.07) is 19.4. The van der Waals surface area contributed by atoms with Gasteiger partial charge in [0.05, 0.1) is 31.0 Å². The number of rotatable bonds is 10. The van der Waals surface area contributed by atoms with Gasteiger partial charge in [0, 0.05) is 28.7 Å². The Labute approximate surface area is 247 Å². The molecule has 0 aliphatic heterocycles. The van der Waals surface area contributed by atoms with Gasteiger partial charge in [-0.1, -0.05) is 35.4 Å². The van der Waals surface area contributed by atoms with Gasteiger partial charge in [0.2, 0.25) is 0 Å². The number of benzene rings is 3. The molecule has 1 heterocycles. The summed E-state index contributed by atoms with van der Waals surface area (Å²) >= 11 is 0. The maximum Gasteiger partial charge on any atom is 0.264 e. The zero-order valence-corrected chi connectivity index (χ0v) is 25.7. The number of sulfonamides is 1. The van der Waals surface area contributed by atoms with Crippen LogP contribution >= 0.6 is 0 Å². The molecule has 1 amide bonds. The van der Waals surface area contributed by atoms with Gasteiger partial charge in [-0.15, -0.1) is 0 Å². The minimum atomic E-state index is -4.11. The van der Waals surface area contributed by atoms with Gasteiger partial charge >= 0.3 is 0 Å². The maximum absolute atomic E-state index is 13.7. The normalized spacial score (nSPS) is 11.5. The van der Waals surface area contributed by atoms with Gasteiger partial charge in [0.1, 0.15) is 6.54 Å². The molecule has 42 heavy (non-hydrogen) atoms. The van der Waals surface area contributed by atoms with E-state index in [1.807, 2.05) is 26.8 Å². The highest BCUT2D eigenvalue weighted by molar-refractivity contribution is 7.92. The van der Waals surface area contributed by atoms with Crippen LogP contribution in [0.1, 0.15) is 33.6 Å². The molecule has 10 heteroatoms. The van der Waals surface area contributed by atoms with Crippen LogP contribution in [-0.4, -0.2) is 45.9 Å². The van der Waals surface area contributed by atoms with Crippen LogP contribution in [0.25, 0.3) is 5.69 Å². The number of carbonyl (C=O) groups excluding carboxylic acids is 1. The fraction of sp³-hybridized carbons (Fsp3) is 0.250.